The summed E-state index contributed by atoms with van der Waals surface area (Å²) in [5.74, 6) is 0.870. The Labute approximate surface area is 134 Å². The second kappa shape index (κ2) is 5.61. The molecule has 0 aliphatic carbocycles. The maximum atomic E-state index is 5.20. The van der Waals surface area contributed by atoms with Crippen molar-refractivity contribution in [2.24, 2.45) is 0 Å². The van der Waals surface area contributed by atoms with Crippen molar-refractivity contribution in [1.82, 2.24) is 9.38 Å². The number of ether oxygens (including phenoxy) is 1. The zero-order valence-corrected chi connectivity index (χ0v) is 12.8. The number of fused-ring (bicyclic) bond motifs is 1. The molecule has 0 unspecified atom stereocenters. The largest absolute Gasteiger partial charge is 0.497 e. The van der Waals surface area contributed by atoms with Gasteiger partial charge in [-0.05, 0) is 35.4 Å². The van der Waals surface area contributed by atoms with Gasteiger partial charge in [0.25, 0.3) is 0 Å². The molecule has 0 spiro atoms. The molecule has 0 N–H and O–H groups in total. The Morgan fingerprint density at radius 1 is 0.783 bits per heavy atom. The van der Waals surface area contributed by atoms with E-state index in [0.29, 0.717) is 0 Å². The molecule has 2 aromatic heterocycles. The van der Waals surface area contributed by atoms with E-state index in [-0.39, 0.29) is 0 Å². The van der Waals surface area contributed by atoms with Gasteiger partial charge in [0.1, 0.15) is 11.4 Å². The van der Waals surface area contributed by atoms with Gasteiger partial charge in [-0.15, -0.1) is 0 Å². The topological polar surface area (TPSA) is 26.5 Å². The van der Waals surface area contributed by atoms with Gasteiger partial charge >= 0.3 is 0 Å². The summed E-state index contributed by atoms with van der Waals surface area (Å²) in [6.07, 6.45) is 4.06. The number of aromatic nitrogens is 2. The van der Waals surface area contributed by atoms with Crippen molar-refractivity contribution in [2.75, 3.05) is 7.11 Å². The van der Waals surface area contributed by atoms with E-state index in [1.54, 1.807) is 7.11 Å². The van der Waals surface area contributed by atoms with Gasteiger partial charge in [-0.25, -0.2) is 4.98 Å². The molecule has 112 valence electrons. The number of hydrogen-bond donors (Lipinski definition) is 0. The van der Waals surface area contributed by atoms with Gasteiger partial charge in [0.05, 0.1) is 12.8 Å². The summed E-state index contributed by atoms with van der Waals surface area (Å²) < 4.78 is 7.23. The molecule has 3 nitrogen and oxygen atoms in total. The summed E-state index contributed by atoms with van der Waals surface area (Å²) >= 11 is 0. The van der Waals surface area contributed by atoms with E-state index >= 15 is 0 Å². The number of hydrogen-bond acceptors (Lipinski definition) is 2. The van der Waals surface area contributed by atoms with E-state index in [0.717, 1.165) is 22.7 Å². The summed E-state index contributed by atoms with van der Waals surface area (Å²) in [7, 11) is 1.68. The molecule has 0 saturated carbocycles. The molecule has 4 rings (SSSR count). The summed E-state index contributed by atoms with van der Waals surface area (Å²) in [6, 6.07) is 22.6. The third kappa shape index (κ3) is 2.57. The number of pyridine rings is 1. The van der Waals surface area contributed by atoms with Crippen LogP contribution in [0.1, 0.15) is 0 Å². The average Bonchev–Trinajstić information content (AvgIpc) is 3.06. The fraction of sp³-hybridized carbons (Fsp3) is 0.0500. The van der Waals surface area contributed by atoms with E-state index in [4.69, 9.17) is 4.74 Å². The molecule has 0 saturated heterocycles. The van der Waals surface area contributed by atoms with Crippen molar-refractivity contribution >= 4 is 5.65 Å². The molecule has 3 heteroatoms. The Kier molecular flexibility index (Phi) is 3.31. The van der Waals surface area contributed by atoms with Gasteiger partial charge in [0.2, 0.25) is 0 Å². The molecule has 2 aromatic carbocycles. The highest BCUT2D eigenvalue weighted by Crippen LogP contribution is 2.26. The van der Waals surface area contributed by atoms with Crippen molar-refractivity contribution in [3.8, 4) is 28.1 Å². The third-order valence-corrected chi connectivity index (χ3v) is 3.97. The van der Waals surface area contributed by atoms with Crippen LogP contribution < -0.4 is 4.74 Å². The van der Waals surface area contributed by atoms with Crippen molar-refractivity contribution in [2.45, 2.75) is 0 Å². The van der Waals surface area contributed by atoms with E-state index in [1.165, 1.54) is 11.1 Å². The summed E-state index contributed by atoms with van der Waals surface area (Å²) in [4.78, 5) is 4.65. The highest BCUT2D eigenvalue weighted by molar-refractivity contribution is 5.70. The van der Waals surface area contributed by atoms with Crippen LogP contribution in [0.25, 0.3) is 28.0 Å². The zero-order chi connectivity index (χ0) is 15.6. The fourth-order valence-electron chi connectivity index (χ4n) is 2.69. The van der Waals surface area contributed by atoms with Gasteiger partial charge in [-0.2, -0.15) is 0 Å². The highest BCUT2D eigenvalue weighted by Gasteiger charge is 2.05. The predicted octanol–water partition coefficient (Wildman–Crippen LogP) is 4.68. The summed E-state index contributed by atoms with van der Waals surface area (Å²) in [5.41, 5.74) is 5.41. The first kappa shape index (κ1) is 13.6. The van der Waals surface area contributed by atoms with Crippen LogP contribution in [0, 0.1) is 0 Å². The molecule has 0 atom stereocenters. The summed E-state index contributed by atoms with van der Waals surface area (Å²) in [6.45, 7) is 0. The molecule has 0 aliphatic rings. The zero-order valence-electron chi connectivity index (χ0n) is 12.8. The number of benzene rings is 2. The lowest BCUT2D eigenvalue weighted by molar-refractivity contribution is 0.415. The monoisotopic (exact) mass is 300 g/mol. The maximum Gasteiger partial charge on any atom is 0.137 e. The smallest absolute Gasteiger partial charge is 0.137 e. The number of methoxy groups -OCH3 is 1. The van der Waals surface area contributed by atoms with Crippen LogP contribution in [0.15, 0.2) is 79.1 Å². The molecule has 23 heavy (non-hydrogen) atoms. The van der Waals surface area contributed by atoms with Gasteiger partial charge in [0, 0.05) is 18.0 Å². The Hall–Kier alpha value is -3.07. The first-order valence-electron chi connectivity index (χ1n) is 7.52. The van der Waals surface area contributed by atoms with E-state index in [1.807, 2.05) is 40.9 Å². The minimum atomic E-state index is 0.870. The fourth-order valence-corrected chi connectivity index (χ4v) is 2.69. The van der Waals surface area contributed by atoms with Crippen molar-refractivity contribution in [1.29, 1.82) is 0 Å². The normalized spacial score (nSPS) is 10.8. The van der Waals surface area contributed by atoms with Crippen molar-refractivity contribution in [3.63, 3.8) is 0 Å². The van der Waals surface area contributed by atoms with E-state index < -0.39 is 0 Å². The van der Waals surface area contributed by atoms with Gasteiger partial charge in [-0.3, -0.25) is 0 Å². The molecule has 0 radical (unpaired) electrons. The molecular formula is C20H16N2O. The quantitative estimate of drug-likeness (QED) is 0.549. The lowest BCUT2D eigenvalue weighted by atomic mass is 10.0. The first-order valence-corrected chi connectivity index (χ1v) is 7.52. The van der Waals surface area contributed by atoms with Crippen LogP contribution in [0.3, 0.4) is 0 Å². The molecule has 0 fully saturated rings. The third-order valence-electron chi connectivity index (χ3n) is 3.97. The number of imidazole rings is 1. The van der Waals surface area contributed by atoms with E-state index in [9.17, 15) is 0 Å². The lowest BCUT2D eigenvalue weighted by Crippen LogP contribution is -1.83. The van der Waals surface area contributed by atoms with E-state index in [2.05, 4.69) is 47.6 Å². The Bertz CT molecular complexity index is 904. The molecule has 0 bridgehead atoms. The van der Waals surface area contributed by atoms with Crippen LogP contribution in [0.5, 0.6) is 5.75 Å². The Morgan fingerprint density at radius 2 is 1.43 bits per heavy atom. The average molecular weight is 300 g/mol. The second-order valence-electron chi connectivity index (χ2n) is 5.40. The van der Waals surface area contributed by atoms with Crippen LogP contribution in [-0.4, -0.2) is 16.5 Å². The SMILES string of the molecule is COc1ccc(-c2ccc(-c3cn4ccccc4n3)cc2)cc1. The molecular weight excluding hydrogens is 284 g/mol. The van der Waals surface area contributed by atoms with Gasteiger partial charge < -0.3 is 9.14 Å². The van der Waals surface area contributed by atoms with Crippen molar-refractivity contribution in [3.05, 3.63) is 79.1 Å². The number of rotatable bonds is 3. The maximum absolute atomic E-state index is 5.20. The molecule has 2 heterocycles. The van der Waals surface area contributed by atoms with Crippen molar-refractivity contribution < 1.29 is 4.74 Å². The molecule has 4 aromatic rings. The summed E-state index contributed by atoms with van der Waals surface area (Å²) in [5, 5.41) is 0. The van der Waals surface area contributed by atoms with Crippen LogP contribution in [0.4, 0.5) is 0 Å². The Morgan fingerprint density at radius 3 is 2.09 bits per heavy atom. The Balaban J connectivity index is 1.66. The number of nitrogens with zero attached hydrogens (tertiary/aromatic N) is 2. The predicted molar refractivity (Wildman–Crippen MR) is 92.6 cm³/mol. The van der Waals surface area contributed by atoms with Crippen LogP contribution >= 0.6 is 0 Å². The molecule has 0 aliphatic heterocycles. The minimum Gasteiger partial charge on any atom is -0.497 e. The minimum absolute atomic E-state index is 0.870. The molecule has 0 amide bonds. The first-order chi connectivity index (χ1) is 11.3. The lowest BCUT2D eigenvalue weighted by Gasteiger charge is -2.04. The van der Waals surface area contributed by atoms with Gasteiger partial charge in [0.15, 0.2) is 0 Å². The van der Waals surface area contributed by atoms with Crippen LogP contribution in [0.2, 0.25) is 0 Å². The standard InChI is InChI=1S/C20H16N2O/c1-23-18-11-9-16(10-12-18)15-5-7-17(8-6-15)19-14-22-13-3-2-4-20(22)21-19/h2-14H,1H3. The van der Waals surface area contributed by atoms with Gasteiger partial charge in [-0.1, -0.05) is 42.5 Å². The second-order valence-corrected chi connectivity index (χ2v) is 5.40. The van der Waals surface area contributed by atoms with Crippen LogP contribution in [-0.2, 0) is 0 Å². The highest BCUT2D eigenvalue weighted by atomic mass is 16.5.